The third kappa shape index (κ3) is 1.93. The number of hydrogen-bond acceptors (Lipinski definition) is 5. The highest BCUT2D eigenvalue weighted by Gasteiger charge is 2.12. The van der Waals surface area contributed by atoms with Crippen molar-refractivity contribution in [3.63, 3.8) is 0 Å². The minimum absolute atomic E-state index is 0.499. The van der Waals surface area contributed by atoms with Crippen LogP contribution < -0.4 is 15.2 Å². The summed E-state index contributed by atoms with van der Waals surface area (Å²) in [5.74, 6) is 1.78. The molecule has 1 aromatic heterocycles. The van der Waals surface area contributed by atoms with Crippen LogP contribution >= 0.6 is 0 Å². The Kier molecular flexibility index (Phi) is 2.95. The zero-order chi connectivity index (χ0) is 14.1. The van der Waals surface area contributed by atoms with E-state index in [4.69, 9.17) is 19.6 Å². The summed E-state index contributed by atoms with van der Waals surface area (Å²) in [6.45, 7) is 0. The second-order valence-electron chi connectivity index (χ2n) is 4.28. The van der Waals surface area contributed by atoms with E-state index in [0.29, 0.717) is 28.7 Å². The van der Waals surface area contributed by atoms with Crippen molar-refractivity contribution in [3.05, 3.63) is 36.4 Å². The number of nitrogens with two attached hydrogens (primary N) is 1. The van der Waals surface area contributed by atoms with Crippen molar-refractivity contribution in [2.45, 2.75) is 0 Å². The van der Waals surface area contributed by atoms with Crippen LogP contribution in [0.2, 0.25) is 0 Å². The first-order chi connectivity index (χ1) is 9.72. The van der Waals surface area contributed by atoms with Crippen molar-refractivity contribution in [3.8, 4) is 23.0 Å². The van der Waals surface area contributed by atoms with Crippen LogP contribution in [0.25, 0.3) is 22.6 Å². The fraction of sp³-hybridized carbons (Fsp3) is 0.133. The molecule has 3 rings (SSSR count). The SMILES string of the molecule is COc1ccc(-c2nc3cccc(N)c3o2)cc1OC. The second-order valence-corrected chi connectivity index (χ2v) is 4.28. The van der Waals surface area contributed by atoms with Gasteiger partial charge in [0.1, 0.15) is 5.52 Å². The molecule has 0 aliphatic rings. The summed E-state index contributed by atoms with van der Waals surface area (Å²) < 4.78 is 16.2. The fourth-order valence-electron chi connectivity index (χ4n) is 2.06. The van der Waals surface area contributed by atoms with Crippen LogP contribution in [0, 0.1) is 0 Å². The van der Waals surface area contributed by atoms with Crippen molar-refractivity contribution in [2.24, 2.45) is 0 Å². The summed E-state index contributed by atoms with van der Waals surface area (Å²) in [4.78, 5) is 4.43. The zero-order valence-corrected chi connectivity index (χ0v) is 11.2. The Morgan fingerprint density at radius 1 is 1.05 bits per heavy atom. The van der Waals surface area contributed by atoms with Gasteiger partial charge in [-0.05, 0) is 30.3 Å². The van der Waals surface area contributed by atoms with Gasteiger partial charge in [0.15, 0.2) is 17.1 Å². The molecule has 0 radical (unpaired) electrons. The number of nitrogens with zero attached hydrogens (tertiary/aromatic N) is 1. The molecule has 0 aliphatic heterocycles. The highest BCUT2D eigenvalue weighted by Crippen LogP contribution is 2.34. The van der Waals surface area contributed by atoms with Gasteiger partial charge in [-0.25, -0.2) is 4.98 Å². The lowest BCUT2D eigenvalue weighted by Gasteiger charge is -2.07. The second kappa shape index (κ2) is 4.77. The summed E-state index contributed by atoms with van der Waals surface area (Å²) in [6, 6.07) is 11.0. The fourth-order valence-corrected chi connectivity index (χ4v) is 2.06. The summed E-state index contributed by atoms with van der Waals surface area (Å²) in [5, 5.41) is 0. The third-order valence-electron chi connectivity index (χ3n) is 3.08. The van der Waals surface area contributed by atoms with Crippen molar-refractivity contribution in [1.29, 1.82) is 0 Å². The summed E-state index contributed by atoms with van der Waals surface area (Å²) in [7, 11) is 3.18. The van der Waals surface area contributed by atoms with Gasteiger partial charge in [-0.1, -0.05) is 6.07 Å². The molecule has 0 aliphatic carbocycles. The Morgan fingerprint density at radius 2 is 1.85 bits per heavy atom. The maximum Gasteiger partial charge on any atom is 0.227 e. The van der Waals surface area contributed by atoms with Crippen LogP contribution in [0.15, 0.2) is 40.8 Å². The number of nitrogen functional groups attached to an aromatic ring is 1. The predicted molar refractivity (Wildman–Crippen MR) is 77.0 cm³/mol. The van der Waals surface area contributed by atoms with Crippen LogP contribution in [-0.2, 0) is 0 Å². The lowest BCUT2D eigenvalue weighted by Crippen LogP contribution is -1.90. The van der Waals surface area contributed by atoms with Gasteiger partial charge in [-0.15, -0.1) is 0 Å². The molecule has 0 amide bonds. The quantitative estimate of drug-likeness (QED) is 0.740. The molecular formula is C15H14N2O3. The minimum Gasteiger partial charge on any atom is -0.493 e. The summed E-state index contributed by atoms with van der Waals surface area (Å²) in [6.07, 6.45) is 0. The molecule has 0 spiro atoms. The highest BCUT2D eigenvalue weighted by molar-refractivity contribution is 5.86. The lowest BCUT2D eigenvalue weighted by molar-refractivity contribution is 0.355. The predicted octanol–water partition coefficient (Wildman–Crippen LogP) is 3.09. The Balaban J connectivity index is 2.13. The van der Waals surface area contributed by atoms with Gasteiger partial charge in [0.05, 0.1) is 19.9 Å². The molecule has 0 atom stereocenters. The molecule has 5 heteroatoms. The van der Waals surface area contributed by atoms with Crippen LogP contribution in [0.5, 0.6) is 11.5 Å². The van der Waals surface area contributed by atoms with Crippen LogP contribution in [-0.4, -0.2) is 19.2 Å². The number of oxazole rings is 1. The number of methoxy groups -OCH3 is 2. The van der Waals surface area contributed by atoms with E-state index in [9.17, 15) is 0 Å². The highest BCUT2D eigenvalue weighted by atomic mass is 16.5. The maximum atomic E-state index is 5.87. The van der Waals surface area contributed by atoms with E-state index < -0.39 is 0 Å². The van der Waals surface area contributed by atoms with Crippen LogP contribution in [0.1, 0.15) is 0 Å². The summed E-state index contributed by atoms with van der Waals surface area (Å²) >= 11 is 0. The van der Waals surface area contributed by atoms with Crippen molar-refractivity contribution in [1.82, 2.24) is 4.98 Å². The van der Waals surface area contributed by atoms with Gasteiger partial charge in [-0.3, -0.25) is 0 Å². The van der Waals surface area contributed by atoms with E-state index in [-0.39, 0.29) is 0 Å². The van der Waals surface area contributed by atoms with E-state index >= 15 is 0 Å². The molecule has 5 nitrogen and oxygen atoms in total. The van der Waals surface area contributed by atoms with E-state index in [1.165, 1.54) is 0 Å². The number of anilines is 1. The van der Waals surface area contributed by atoms with Crippen molar-refractivity contribution < 1.29 is 13.9 Å². The minimum atomic E-state index is 0.499. The Morgan fingerprint density at radius 3 is 2.55 bits per heavy atom. The van der Waals surface area contributed by atoms with Gasteiger partial charge in [0.2, 0.25) is 5.89 Å². The number of rotatable bonds is 3. The average molecular weight is 270 g/mol. The van der Waals surface area contributed by atoms with Gasteiger partial charge >= 0.3 is 0 Å². The normalized spacial score (nSPS) is 10.7. The van der Waals surface area contributed by atoms with Crippen molar-refractivity contribution >= 4 is 16.8 Å². The first-order valence-electron chi connectivity index (χ1n) is 6.10. The first-order valence-corrected chi connectivity index (χ1v) is 6.10. The van der Waals surface area contributed by atoms with Crippen LogP contribution in [0.4, 0.5) is 5.69 Å². The van der Waals surface area contributed by atoms with E-state index in [1.807, 2.05) is 30.3 Å². The molecule has 3 aromatic rings. The number of benzene rings is 2. The molecular weight excluding hydrogens is 256 g/mol. The summed E-state index contributed by atoms with van der Waals surface area (Å²) in [5.41, 5.74) is 8.57. The Bertz CT molecular complexity index is 765. The Hall–Kier alpha value is -2.69. The maximum absolute atomic E-state index is 5.87. The number of aromatic nitrogens is 1. The smallest absolute Gasteiger partial charge is 0.227 e. The monoisotopic (exact) mass is 270 g/mol. The molecule has 0 saturated carbocycles. The van der Waals surface area contributed by atoms with Gasteiger partial charge in [0.25, 0.3) is 0 Å². The standard InChI is InChI=1S/C15H14N2O3/c1-18-12-7-6-9(8-13(12)19-2)15-17-11-5-3-4-10(16)14(11)20-15/h3-8H,16H2,1-2H3. The van der Waals surface area contributed by atoms with Crippen LogP contribution in [0.3, 0.4) is 0 Å². The topological polar surface area (TPSA) is 70.5 Å². The van der Waals surface area contributed by atoms with E-state index in [0.717, 1.165) is 11.1 Å². The number of ether oxygens (including phenoxy) is 2. The van der Waals surface area contributed by atoms with Gasteiger partial charge < -0.3 is 19.6 Å². The molecule has 1 heterocycles. The molecule has 20 heavy (non-hydrogen) atoms. The molecule has 0 saturated heterocycles. The number of fused-ring (bicyclic) bond motifs is 1. The largest absolute Gasteiger partial charge is 0.493 e. The molecule has 0 bridgehead atoms. The zero-order valence-electron chi connectivity index (χ0n) is 11.2. The third-order valence-corrected chi connectivity index (χ3v) is 3.08. The average Bonchev–Trinajstić information content (AvgIpc) is 2.92. The lowest BCUT2D eigenvalue weighted by atomic mass is 10.2. The first kappa shape index (κ1) is 12.3. The molecule has 0 fully saturated rings. The van der Waals surface area contributed by atoms with Gasteiger partial charge in [0, 0.05) is 5.56 Å². The van der Waals surface area contributed by atoms with E-state index in [1.54, 1.807) is 20.3 Å². The van der Waals surface area contributed by atoms with Gasteiger partial charge in [-0.2, -0.15) is 0 Å². The number of hydrogen-bond donors (Lipinski definition) is 1. The molecule has 0 unspecified atom stereocenters. The van der Waals surface area contributed by atoms with E-state index in [2.05, 4.69) is 4.98 Å². The molecule has 2 N–H and O–H groups in total. The molecule has 102 valence electrons. The van der Waals surface area contributed by atoms with Crippen molar-refractivity contribution in [2.75, 3.05) is 20.0 Å². The molecule has 2 aromatic carbocycles. The number of para-hydroxylation sites is 1. The Labute approximate surface area is 115 Å².